The number of carboxylic acid groups (broad SMARTS) is 1. The van der Waals surface area contributed by atoms with Gasteiger partial charge in [-0.05, 0) is 49.8 Å². The molecule has 50 heavy (non-hydrogen) atoms. The van der Waals surface area contributed by atoms with E-state index in [0.29, 0.717) is 17.3 Å². The molecule has 0 aliphatic rings. The van der Waals surface area contributed by atoms with E-state index in [1.54, 1.807) is 11.6 Å². The Morgan fingerprint density at radius 1 is 0.940 bits per heavy atom. The highest BCUT2D eigenvalue weighted by Gasteiger charge is 2.25. The molecule has 0 atom stereocenters. The molecule has 276 valence electrons. The van der Waals surface area contributed by atoms with E-state index in [4.69, 9.17) is 22.3 Å². The number of hydrogen-bond acceptors (Lipinski definition) is 7. The number of halogens is 3. The number of hydrogen-bond donors (Lipinski definition) is 3. The summed E-state index contributed by atoms with van der Waals surface area (Å²) < 4.78 is 38.8. The molecule has 4 aromatic rings. The largest absolute Gasteiger partial charge is 0.478 e. The Hall–Kier alpha value is -3.32. The second-order valence-corrected chi connectivity index (χ2v) is 13.9. The van der Waals surface area contributed by atoms with Crippen LogP contribution in [0.5, 0.6) is 0 Å². The maximum absolute atomic E-state index is 12.2. The molecule has 4 rings (SSSR count). The number of alkyl halides is 3. The number of carboxylic acids is 1. The summed E-state index contributed by atoms with van der Waals surface area (Å²) in [5, 5.41) is 11.2. The smallest absolute Gasteiger partial charge is 0.389 e. The Morgan fingerprint density at radius 2 is 1.60 bits per heavy atom. The zero-order valence-corrected chi connectivity index (χ0v) is 31.1. The molecule has 0 fully saturated rings. The molecule has 0 amide bonds. The number of H-pyrrole nitrogens is 1. The van der Waals surface area contributed by atoms with Crippen LogP contribution in [0.3, 0.4) is 0 Å². The summed E-state index contributed by atoms with van der Waals surface area (Å²) in [7, 11) is 0. The number of carbonyl (C=O) groups is 1. The zero-order valence-electron chi connectivity index (χ0n) is 29.5. The molecule has 0 unspecified atom stereocenters. The minimum absolute atomic E-state index is 0.00898. The summed E-state index contributed by atoms with van der Waals surface area (Å²) in [5.41, 5.74) is 8.25. The van der Waals surface area contributed by atoms with Gasteiger partial charge in [-0.25, -0.2) is 14.8 Å². The van der Waals surface area contributed by atoms with Crippen molar-refractivity contribution in [1.29, 1.82) is 0 Å². The Bertz CT molecular complexity index is 1600. The van der Waals surface area contributed by atoms with Crippen molar-refractivity contribution < 1.29 is 23.1 Å². The van der Waals surface area contributed by atoms with Crippen LogP contribution in [0.2, 0.25) is 0 Å². The predicted molar refractivity (Wildman–Crippen MR) is 200 cm³/mol. The normalized spacial score (nSPS) is 11.5. The van der Waals surface area contributed by atoms with Gasteiger partial charge in [-0.2, -0.15) is 13.2 Å². The molecule has 3 N–H and O–H groups in total. The summed E-state index contributed by atoms with van der Waals surface area (Å²) in [6.07, 6.45) is 19.1. The average Bonchev–Trinajstić information content (AvgIpc) is 3.75. The fraction of sp³-hybridized carbons (Fsp3) is 0.595. The highest BCUT2D eigenvalue weighted by Crippen LogP contribution is 2.24. The first kappa shape index (κ1) is 41.1. The first-order chi connectivity index (χ1) is 24.1. The molecular weight excluding hydrogens is 682 g/mol. The van der Waals surface area contributed by atoms with Crippen molar-refractivity contribution in [3.63, 3.8) is 0 Å². The van der Waals surface area contributed by atoms with Crippen LogP contribution in [0.15, 0.2) is 36.1 Å². The molecule has 4 heterocycles. The van der Waals surface area contributed by atoms with E-state index >= 15 is 0 Å². The molecule has 0 saturated heterocycles. The molecule has 0 aliphatic carbocycles. The van der Waals surface area contributed by atoms with Crippen molar-refractivity contribution in [2.75, 3.05) is 12.0 Å². The summed E-state index contributed by atoms with van der Waals surface area (Å²) >= 11 is 6.29. The zero-order chi connectivity index (χ0) is 36.2. The van der Waals surface area contributed by atoms with E-state index in [0.717, 1.165) is 68.2 Å². The minimum atomic E-state index is -4.00. The van der Waals surface area contributed by atoms with Gasteiger partial charge in [-0.3, -0.25) is 9.66 Å². The highest BCUT2D eigenvalue weighted by atomic mass is 32.1. The van der Waals surface area contributed by atoms with Crippen LogP contribution in [-0.2, 0) is 12.8 Å². The number of pyridine rings is 1. The second-order valence-electron chi connectivity index (χ2n) is 12.6. The minimum Gasteiger partial charge on any atom is -0.478 e. The Kier molecular flexibility index (Phi) is 18.5. The number of thiazole rings is 1. The van der Waals surface area contributed by atoms with Gasteiger partial charge in [0.05, 0.1) is 11.0 Å². The second kappa shape index (κ2) is 22.5. The molecule has 0 spiro atoms. The number of nitrogens with one attached hydrogen (secondary N) is 2. The van der Waals surface area contributed by atoms with E-state index in [1.165, 1.54) is 74.5 Å². The molecule has 0 aliphatic heterocycles. The van der Waals surface area contributed by atoms with Crippen molar-refractivity contribution in [3.8, 4) is 10.8 Å². The van der Waals surface area contributed by atoms with Crippen molar-refractivity contribution in [1.82, 2.24) is 24.6 Å². The lowest BCUT2D eigenvalue weighted by molar-refractivity contribution is -0.135. The van der Waals surface area contributed by atoms with Crippen LogP contribution in [0.4, 0.5) is 13.2 Å². The average molecular weight is 735 g/mol. The van der Waals surface area contributed by atoms with Gasteiger partial charge in [0.1, 0.15) is 10.2 Å². The third kappa shape index (κ3) is 14.9. The number of unbranched alkanes of at least 4 members (excludes halogenated alkanes) is 13. The Morgan fingerprint density at radius 3 is 2.20 bits per heavy atom. The molecular formula is C37H53F3N6O2S2. The fourth-order valence-electron chi connectivity index (χ4n) is 5.71. The van der Waals surface area contributed by atoms with Crippen molar-refractivity contribution in [2.24, 2.45) is 0 Å². The molecule has 0 radical (unpaired) electrons. The quantitative estimate of drug-likeness (QED) is 0.0545. The molecule has 13 heteroatoms. The number of aromatic carboxylic acids is 1. The fourth-order valence-corrected chi connectivity index (χ4v) is 6.53. The summed E-state index contributed by atoms with van der Waals surface area (Å²) in [6, 6.07) is 4.34. The summed E-state index contributed by atoms with van der Waals surface area (Å²) in [4.78, 5) is 26.4. The van der Waals surface area contributed by atoms with Gasteiger partial charge >= 0.3 is 12.1 Å². The number of nitrogens with zero attached hydrogens (tertiary/aromatic N) is 4. The number of aromatic amines is 1. The van der Waals surface area contributed by atoms with Gasteiger partial charge in [0.15, 0.2) is 10.8 Å². The molecule has 0 saturated carbocycles. The number of rotatable bonds is 22. The number of fused-ring (bicyclic) bond motifs is 1. The van der Waals surface area contributed by atoms with Crippen LogP contribution < -0.4 is 5.43 Å². The third-order valence-corrected chi connectivity index (χ3v) is 9.63. The van der Waals surface area contributed by atoms with E-state index < -0.39 is 18.6 Å². The molecule has 0 bridgehead atoms. The van der Waals surface area contributed by atoms with Crippen LogP contribution >= 0.6 is 23.6 Å². The third-order valence-electron chi connectivity index (χ3n) is 8.53. The van der Waals surface area contributed by atoms with Crippen LogP contribution in [0.25, 0.3) is 21.9 Å². The monoisotopic (exact) mass is 734 g/mol. The SMILES string of the molecule is CCCCCCCCCCNn1cc(CC)c2nc(CCCCCCCCCC(F)(F)F)ccc21.O=C(O)c1cnc(-c2nccs2)[nH]c1=S. The predicted octanol–water partition coefficient (Wildman–Crippen LogP) is 11.5. The van der Waals surface area contributed by atoms with Gasteiger partial charge < -0.3 is 15.5 Å². The van der Waals surface area contributed by atoms with Crippen molar-refractivity contribution >= 4 is 40.6 Å². The lowest BCUT2D eigenvalue weighted by Gasteiger charge is -2.09. The van der Waals surface area contributed by atoms with E-state index in [9.17, 15) is 18.0 Å². The summed E-state index contributed by atoms with van der Waals surface area (Å²) in [6.45, 7) is 5.43. The van der Waals surface area contributed by atoms with Gasteiger partial charge in [0.25, 0.3) is 0 Å². The van der Waals surface area contributed by atoms with Crippen molar-refractivity contribution in [2.45, 2.75) is 136 Å². The lowest BCUT2D eigenvalue weighted by Crippen LogP contribution is -2.14. The van der Waals surface area contributed by atoms with Crippen LogP contribution in [0, 0.1) is 4.64 Å². The van der Waals surface area contributed by atoms with Crippen molar-refractivity contribution in [3.05, 3.63) is 57.6 Å². The van der Waals surface area contributed by atoms with Gasteiger partial charge in [0, 0.05) is 42.6 Å². The summed E-state index contributed by atoms with van der Waals surface area (Å²) in [5.74, 6) is -0.602. The van der Waals surface area contributed by atoms with Gasteiger partial charge in [0.2, 0.25) is 0 Å². The highest BCUT2D eigenvalue weighted by molar-refractivity contribution is 7.71. The standard InChI is InChI=1S/C29H48F3N3.C8H5N3O2S2/c1-3-5-6-7-8-12-15-18-23-33-35-24-25(4-2)28-27(35)21-20-26(34-28)19-16-13-10-9-11-14-17-22-29(30,31)32;12-8(13)4-3-10-5(11-6(4)14)7-9-1-2-15-7/h20-21,24,33H,3-19,22-23H2,1-2H3;1-3H,(H,12,13)(H,10,11,14). The van der Waals surface area contributed by atoms with Gasteiger partial charge in [-0.1, -0.05) is 103 Å². The maximum atomic E-state index is 12.2. The lowest BCUT2D eigenvalue weighted by atomic mass is 10.1. The molecule has 0 aromatic carbocycles. The van der Waals surface area contributed by atoms with E-state index in [-0.39, 0.29) is 16.6 Å². The number of aryl methyl sites for hydroxylation is 2. The Labute approximate surface area is 303 Å². The van der Waals surface area contributed by atoms with E-state index in [2.05, 4.69) is 57.2 Å². The van der Waals surface area contributed by atoms with Crippen LogP contribution in [0.1, 0.15) is 138 Å². The molecule has 4 aromatic heterocycles. The topological polar surface area (TPSA) is 109 Å². The maximum Gasteiger partial charge on any atom is 0.389 e. The molecule has 8 nitrogen and oxygen atoms in total. The first-order valence-electron chi connectivity index (χ1n) is 18.2. The first-order valence-corrected chi connectivity index (χ1v) is 19.4. The Balaban J connectivity index is 0.000000371. The van der Waals surface area contributed by atoms with Crippen LogP contribution in [-0.4, -0.2) is 48.4 Å². The van der Waals surface area contributed by atoms with E-state index in [1.807, 2.05) is 0 Å². The number of aromatic nitrogens is 5. The van der Waals surface area contributed by atoms with Gasteiger partial charge in [-0.15, -0.1) is 11.3 Å².